The van der Waals surface area contributed by atoms with Crippen LogP contribution in [0, 0.1) is 5.82 Å². The van der Waals surface area contributed by atoms with E-state index >= 15 is 0 Å². The molecule has 0 aromatic heterocycles. The number of alkyl halides is 3. The number of rotatable bonds is 4. The molecule has 140 valence electrons. The zero-order valence-electron chi connectivity index (χ0n) is 14.3. The molecular weight excluding hydrogens is 346 g/mol. The van der Waals surface area contributed by atoms with Gasteiger partial charge in [0, 0.05) is 26.1 Å². The quantitative estimate of drug-likeness (QED) is 0.809. The average molecular weight is 367 g/mol. The Morgan fingerprint density at radius 2 is 1.65 bits per heavy atom. The van der Waals surface area contributed by atoms with Gasteiger partial charge < -0.3 is 5.11 Å². The Morgan fingerprint density at radius 1 is 1.00 bits per heavy atom. The van der Waals surface area contributed by atoms with Crippen molar-refractivity contribution in [3.63, 3.8) is 0 Å². The smallest absolute Gasteiger partial charge is 0.389 e. The van der Waals surface area contributed by atoms with E-state index in [1.807, 2.05) is 30.3 Å². The van der Waals surface area contributed by atoms with Gasteiger partial charge in [-0.15, -0.1) is 0 Å². The third kappa shape index (κ3) is 4.62. The first-order valence-corrected chi connectivity index (χ1v) is 8.59. The molecule has 2 nitrogen and oxygen atoms in total. The lowest BCUT2D eigenvalue weighted by molar-refractivity contribution is -0.137. The number of halogens is 4. The Labute approximate surface area is 150 Å². The van der Waals surface area contributed by atoms with Crippen LogP contribution in [-0.4, -0.2) is 28.7 Å². The summed E-state index contributed by atoms with van der Waals surface area (Å²) in [5, 5.41) is 10.8. The zero-order chi connectivity index (χ0) is 18.8. The van der Waals surface area contributed by atoms with Crippen molar-refractivity contribution in [2.75, 3.05) is 13.1 Å². The van der Waals surface area contributed by atoms with Gasteiger partial charge in [-0.3, -0.25) is 4.90 Å². The summed E-state index contributed by atoms with van der Waals surface area (Å²) in [5.74, 6) is -0.710. The normalized spacial score (nSPS) is 18.0. The largest absolute Gasteiger partial charge is 0.416 e. The van der Waals surface area contributed by atoms with Crippen LogP contribution in [0.4, 0.5) is 17.6 Å². The van der Waals surface area contributed by atoms with E-state index in [2.05, 4.69) is 4.90 Å². The summed E-state index contributed by atoms with van der Waals surface area (Å²) < 4.78 is 52.5. The van der Waals surface area contributed by atoms with E-state index < -0.39 is 23.2 Å². The van der Waals surface area contributed by atoms with Crippen LogP contribution in [0.2, 0.25) is 0 Å². The Hall–Kier alpha value is -1.92. The highest BCUT2D eigenvalue weighted by Crippen LogP contribution is 2.33. The minimum atomic E-state index is -4.52. The molecule has 0 atom stereocenters. The standard InChI is InChI=1S/C20H21F4NO/c21-18-7-6-17(20(22,23)24)12-16(18)13-19(26)8-10-25(11-9-19)14-15-4-2-1-3-5-15/h1-7,12,26H,8-11,13-14H2. The molecule has 1 saturated heterocycles. The third-order valence-corrected chi connectivity index (χ3v) is 4.93. The molecule has 1 heterocycles. The molecule has 0 amide bonds. The summed E-state index contributed by atoms with van der Waals surface area (Å²) in [6.45, 7) is 1.99. The monoisotopic (exact) mass is 367 g/mol. The van der Waals surface area contributed by atoms with Gasteiger partial charge in [0.15, 0.2) is 0 Å². The third-order valence-electron chi connectivity index (χ3n) is 4.93. The molecule has 1 aliphatic rings. The second kappa shape index (κ2) is 7.37. The van der Waals surface area contributed by atoms with Crippen molar-refractivity contribution in [1.82, 2.24) is 4.90 Å². The number of aliphatic hydroxyl groups is 1. The van der Waals surface area contributed by atoms with Crippen LogP contribution in [0.3, 0.4) is 0 Å². The topological polar surface area (TPSA) is 23.5 Å². The van der Waals surface area contributed by atoms with Crippen LogP contribution in [-0.2, 0) is 19.1 Å². The van der Waals surface area contributed by atoms with E-state index in [4.69, 9.17) is 0 Å². The molecular formula is C20H21F4NO. The van der Waals surface area contributed by atoms with Gasteiger partial charge in [0.05, 0.1) is 11.2 Å². The van der Waals surface area contributed by atoms with Crippen molar-refractivity contribution in [2.24, 2.45) is 0 Å². The van der Waals surface area contributed by atoms with Gasteiger partial charge in [-0.2, -0.15) is 13.2 Å². The zero-order valence-corrected chi connectivity index (χ0v) is 14.3. The number of likely N-dealkylation sites (tertiary alicyclic amines) is 1. The highest BCUT2D eigenvalue weighted by atomic mass is 19.4. The van der Waals surface area contributed by atoms with E-state index in [1.54, 1.807) is 0 Å². The first-order chi connectivity index (χ1) is 12.3. The van der Waals surface area contributed by atoms with Crippen molar-refractivity contribution in [1.29, 1.82) is 0 Å². The second-order valence-corrected chi connectivity index (χ2v) is 6.97. The number of hydrogen-bond acceptors (Lipinski definition) is 2. The van der Waals surface area contributed by atoms with E-state index in [-0.39, 0.29) is 12.0 Å². The molecule has 2 aromatic carbocycles. The molecule has 0 bridgehead atoms. The molecule has 0 aliphatic carbocycles. The van der Waals surface area contributed by atoms with Gasteiger partial charge in [0.25, 0.3) is 0 Å². The molecule has 0 radical (unpaired) electrons. The summed E-state index contributed by atoms with van der Waals surface area (Å²) >= 11 is 0. The maximum atomic E-state index is 14.0. The Kier molecular flexibility index (Phi) is 5.34. The fourth-order valence-electron chi connectivity index (χ4n) is 3.39. The van der Waals surface area contributed by atoms with E-state index in [1.165, 1.54) is 5.56 Å². The summed E-state index contributed by atoms with van der Waals surface area (Å²) in [6, 6.07) is 12.3. The number of nitrogens with zero attached hydrogens (tertiary/aromatic N) is 1. The molecule has 0 spiro atoms. The molecule has 1 N–H and O–H groups in total. The Morgan fingerprint density at radius 3 is 2.27 bits per heavy atom. The van der Waals surface area contributed by atoms with Crippen LogP contribution in [0.25, 0.3) is 0 Å². The number of piperidine rings is 1. The van der Waals surface area contributed by atoms with Crippen molar-refractivity contribution >= 4 is 0 Å². The maximum absolute atomic E-state index is 14.0. The van der Waals surface area contributed by atoms with Crippen molar-refractivity contribution in [3.8, 4) is 0 Å². The van der Waals surface area contributed by atoms with E-state index in [9.17, 15) is 22.7 Å². The first-order valence-electron chi connectivity index (χ1n) is 8.59. The molecule has 0 saturated carbocycles. The summed E-state index contributed by atoms with van der Waals surface area (Å²) in [5.41, 5.74) is -0.988. The van der Waals surface area contributed by atoms with Crippen LogP contribution in [0.1, 0.15) is 29.5 Å². The molecule has 26 heavy (non-hydrogen) atoms. The Bertz CT molecular complexity index is 737. The molecule has 6 heteroatoms. The summed E-state index contributed by atoms with van der Waals surface area (Å²) in [4.78, 5) is 2.19. The van der Waals surface area contributed by atoms with Gasteiger partial charge in [-0.05, 0) is 42.2 Å². The van der Waals surface area contributed by atoms with E-state index in [0.717, 1.165) is 24.7 Å². The van der Waals surface area contributed by atoms with Gasteiger partial charge in [0.2, 0.25) is 0 Å². The summed E-state index contributed by atoms with van der Waals surface area (Å²) in [7, 11) is 0. The van der Waals surface area contributed by atoms with Gasteiger partial charge in [-0.25, -0.2) is 4.39 Å². The first kappa shape index (κ1) is 18.9. The van der Waals surface area contributed by atoms with Gasteiger partial charge in [-0.1, -0.05) is 30.3 Å². The Balaban J connectivity index is 1.64. The highest BCUT2D eigenvalue weighted by Gasteiger charge is 2.35. The molecule has 3 rings (SSSR count). The van der Waals surface area contributed by atoms with Crippen LogP contribution in [0.15, 0.2) is 48.5 Å². The highest BCUT2D eigenvalue weighted by molar-refractivity contribution is 5.28. The lowest BCUT2D eigenvalue weighted by Crippen LogP contribution is -2.45. The predicted molar refractivity (Wildman–Crippen MR) is 91.0 cm³/mol. The minimum absolute atomic E-state index is 0.0844. The second-order valence-electron chi connectivity index (χ2n) is 6.97. The lowest BCUT2D eigenvalue weighted by Gasteiger charge is -2.38. The summed E-state index contributed by atoms with van der Waals surface area (Å²) in [6.07, 6.45) is -3.84. The lowest BCUT2D eigenvalue weighted by atomic mass is 9.84. The number of benzene rings is 2. The molecule has 2 aromatic rings. The van der Waals surface area contributed by atoms with Crippen LogP contribution >= 0.6 is 0 Å². The molecule has 1 aliphatic heterocycles. The van der Waals surface area contributed by atoms with Gasteiger partial charge in [0.1, 0.15) is 5.82 Å². The SMILES string of the molecule is OC1(Cc2cc(C(F)(F)F)ccc2F)CCN(Cc2ccccc2)CC1. The number of hydrogen-bond donors (Lipinski definition) is 1. The fourth-order valence-corrected chi connectivity index (χ4v) is 3.39. The van der Waals surface area contributed by atoms with Crippen molar-refractivity contribution in [3.05, 3.63) is 71.0 Å². The minimum Gasteiger partial charge on any atom is -0.389 e. The fraction of sp³-hybridized carbons (Fsp3) is 0.400. The predicted octanol–water partition coefficient (Wildman–Crippen LogP) is 4.41. The van der Waals surface area contributed by atoms with Crippen molar-refractivity contribution in [2.45, 2.75) is 37.6 Å². The van der Waals surface area contributed by atoms with E-state index in [0.29, 0.717) is 25.9 Å². The maximum Gasteiger partial charge on any atom is 0.416 e. The van der Waals surface area contributed by atoms with Crippen molar-refractivity contribution < 1.29 is 22.7 Å². The van der Waals surface area contributed by atoms with Gasteiger partial charge >= 0.3 is 6.18 Å². The van der Waals surface area contributed by atoms with Crippen LogP contribution < -0.4 is 0 Å². The van der Waals surface area contributed by atoms with Crippen LogP contribution in [0.5, 0.6) is 0 Å². The molecule has 0 unspecified atom stereocenters. The average Bonchev–Trinajstić information content (AvgIpc) is 2.59. The molecule has 1 fully saturated rings.